The van der Waals surface area contributed by atoms with Crippen LogP contribution in [0.3, 0.4) is 0 Å². The first-order chi connectivity index (χ1) is 14.4. The second kappa shape index (κ2) is 8.25. The van der Waals surface area contributed by atoms with E-state index in [0.29, 0.717) is 26.5 Å². The number of carbonyl (C=O) groups is 1. The molecule has 2 heterocycles. The summed E-state index contributed by atoms with van der Waals surface area (Å²) in [7, 11) is 0. The molecule has 0 aliphatic rings. The zero-order valence-corrected chi connectivity index (χ0v) is 17.0. The molecule has 0 aliphatic carbocycles. The highest BCUT2D eigenvalue weighted by Gasteiger charge is 2.17. The summed E-state index contributed by atoms with van der Waals surface area (Å²) in [6.07, 6.45) is 0. The molecule has 152 valence electrons. The maximum absolute atomic E-state index is 13.2. The van der Waals surface area contributed by atoms with Gasteiger partial charge in [-0.3, -0.25) is 18.7 Å². The van der Waals surface area contributed by atoms with Crippen LogP contribution in [-0.2, 0) is 17.9 Å². The summed E-state index contributed by atoms with van der Waals surface area (Å²) in [5.74, 6) is -0.839. The van der Waals surface area contributed by atoms with Gasteiger partial charge in [0, 0.05) is 10.7 Å². The summed E-state index contributed by atoms with van der Waals surface area (Å²) in [6, 6.07) is 13.8. The van der Waals surface area contributed by atoms with E-state index in [1.807, 2.05) is 0 Å². The number of carbonyl (C=O) groups excluding carboxylic acids is 1. The highest BCUT2D eigenvalue weighted by Crippen LogP contribution is 2.17. The van der Waals surface area contributed by atoms with Crippen LogP contribution in [0.25, 0.3) is 10.2 Å². The Balaban J connectivity index is 1.71. The normalized spacial score (nSPS) is 11.0. The minimum atomic E-state index is -0.614. The minimum Gasteiger partial charge on any atom is -0.324 e. The largest absolute Gasteiger partial charge is 0.332 e. The Labute approximate surface area is 178 Å². The molecule has 4 aromatic rings. The number of anilines is 1. The van der Waals surface area contributed by atoms with E-state index in [2.05, 4.69) is 5.32 Å². The van der Waals surface area contributed by atoms with Crippen molar-refractivity contribution in [2.24, 2.45) is 0 Å². The number of hydrogen-bond donors (Lipinski definition) is 1. The van der Waals surface area contributed by atoms with Gasteiger partial charge in [-0.15, -0.1) is 11.3 Å². The van der Waals surface area contributed by atoms with Crippen molar-refractivity contribution in [2.75, 3.05) is 5.32 Å². The molecular formula is C21H15ClFN3O3S. The van der Waals surface area contributed by atoms with Crippen LogP contribution >= 0.6 is 22.9 Å². The van der Waals surface area contributed by atoms with Crippen LogP contribution in [-0.4, -0.2) is 15.0 Å². The molecule has 6 nitrogen and oxygen atoms in total. The van der Waals surface area contributed by atoms with Crippen LogP contribution in [0.5, 0.6) is 0 Å². The van der Waals surface area contributed by atoms with Crippen molar-refractivity contribution in [1.29, 1.82) is 0 Å². The van der Waals surface area contributed by atoms with Crippen LogP contribution in [0.4, 0.5) is 10.1 Å². The maximum atomic E-state index is 13.2. The molecule has 0 fully saturated rings. The van der Waals surface area contributed by atoms with Crippen LogP contribution in [0, 0.1) is 5.82 Å². The monoisotopic (exact) mass is 443 g/mol. The minimum absolute atomic E-state index is 0.0261. The van der Waals surface area contributed by atoms with Gasteiger partial charge in [-0.1, -0.05) is 29.8 Å². The van der Waals surface area contributed by atoms with E-state index >= 15 is 0 Å². The topological polar surface area (TPSA) is 73.1 Å². The Morgan fingerprint density at radius 2 is 1.83 bits per heavy atom. The molecule has 0 radical (unpaired) electrons. The fourth-order valence-electron chi connectivity index (χ4n) is 3.11. The molecule has 0 aliphatic heterocycles. The number of thiophene rings is 1. The lowest BCUT2D eigenvalue weighted by molar-refractivity contribution is -0.116. The molecule has 0 unspecified atom stereocenters. The standard InChI is InChI=1S/C21H15ClFN3O3S/c22-14-2-1-3-16(10-14)24-18(27)12-25-17-8-9-30-19(17)20(28)26(21(25)29)11-13-4-6-15(23)7-5-13/h1-10H,11-12H2,(H,24,27). The van der Waals surface area contributed by atoms with Crippen molar-refractivity contribution in [2.45, 2.75) is 13.1 Å². The zero-order chi connectivity index (χ0) is 21.3. The van der Waals surface area contributed by atoms with E-state index in [4.69, 9.17) is 11.6 Å². The third kappa shape index (κ3) is 4.05. The molecule has 2 aromatic heterocycles. The molecule has 0 saturated heterocycles. The first kappa shape index (κ1) is 20.1. The van der Waals surface area contributed by atoms with Crippen molar-refractivity contribution in [3.63, 3.8) is 0 Å². The predicted octanol–water partition coefficient (Wildman–Crippen LogP) is 3.70. The molecule has 1 N–H and O–H groups in total. The Bertz CT molecular complexity index is 1360. The van der Waals surface area contributed by atoms with Crippen LogP contribution in [0.1, 0.15) is 5.56 Å². The Kier molecular flexibility index (Phi) is 5.52. The van der Waals surface area contributed by atoms with Crippen molar-refractivity contribution in [1.82, 2.24) is 9.13 Å². The SMILES string of the molecule is O=C(Cn1c(=O)n(Cc2ccc(F)cc2)c(=O)c2sccc21)Nc1cccc(Cl)c1. The first-order valence-electron chi connectivity index (χ1n) is 8.93. The highest BCUT2D eigenvalue weighted by atomic mass is 35.5. The lowest BCUT2D eigenvalue weighted by atomic mass is 10.2. The van der Waals surface area contributed by atoms with Crippen LogP contribution < -0.4 is 16.6 Å². The van der Waals surface area contributed by atoms with Gasteiger partial charge >= 0.3 is 5.69 Å². The fraction of sp³-hybridized carbons (Fsp3) is 0.0952. The quantitative estimate of drug-likeness (QED) is 0.511. The van der Waals surface area contributed by atoms with Crippen molar-refractivity contribution in [3.05, 3.63) is 97.2 Å². The van der Waals surface area contributed by atoms with Gasteiger partial charge in [0.1, 0.15) is 17.1 Å². The first-order valence-corrected chi connectivity index (χ1v) is 10.2. The third-order valence-electron chi connectivity index (χ3n) is 4.50. The van der Waals surface area contributed by atoms with Gasteiger partial charge in [-0.05, 0) is 47.3 Å². The number of amides is 1. The van der Waals surface area contributed by atoms with Gasteiger partial charge in [-0.2, -0.15) is 0 Å². The molecular weight excluding hydrogens is 429 g/mol. The fourth-order valence-corrected chi connectivity index (χ4v) is 4.14. The van der Waals surface area contributed by atoms with Gasteiger partial charge in [0.25, 0.3) is 5.56 Å². The van der Waals surface area contributed by atoms with Crippen LogP contribution in [0.2, 0.25) is 5.02 Å². The lowest BCUT2D eigenvalue weighted by Crippen LogP contribution is -2.41. The molecule has 9 heteroatoms. The summed E-state index contributed by atoms with van der Waals surface area (Å²) < 4.78 is 15.9. The van der Waals surface area contributed by atoms with E-state index in [9.17, 15) is 18.8 Å². The van der Waals surface area contributed by atoms with Gasteiger partial charge in [0.2, 0.25) is 5.91 Å². The number of aromatic nitrogens is 2. The highest BCUT2D eigenvalue weighted by molar-refractivity contribution is 7.17. The van der Waals surface area contributed by atoms with Crippen LogP contribution in [0.15, 0.2) is 69.6 Å². The van der Waals surface area contributed by atoms with Crippen molar-refractivity contribution < 1.29 is 9.18 Å². The molecule has 30 heavy (non-hydrogen) atoms. The molecule has 0 spiro atoms. The predicted molar refractivity (Wildman–Crippen MR) is 116 cm³/mol. The third-order valence-corrected chi connectivity index (χ3v) is 5.63. The summed E-state index contributed by atoms with van der Waals surface area (Å²) in [5, 5.41) is 4.86. The van der Waals surface area contributed by atoms with Crippen molar-refractivity contribution in [3.8, 4) is 0 Å². The number of fused-ring (bicyclic) bond motifs is 1. The average Bonchev–Trinajstić information content (AvgIpc) is 3.20. The molecule has 0 atom stereocenters. The summed E-state index contributed by atoms with van der Waals surface area (Å²) in [4.78, 5) is 38.5. The molecule has 1 amide bonds. The summed E-state index contributed by atoms with van der Waals surface area (Å²) in [6.45, 7) is -0.302. The Hall–Kier alpha value is -3.23. The Morgan fingerprint density at radius 3 is 2.57 bits per heavy atom. The molecule has 4 rings (SSSR count). The average molecular weight is 444 g/mol. The van der Waals surface area contributed by atoms with E-state index < -0.39 is 23.0 Å². The number of rotatable bonds is 5. The molecule has 2 aromatic carbocycles. The molecule has 0 bridgehead atoms. The van der Waals surface area contributed by atoms with Gasteiger partial charge in [0.05, 0.1) is 12.1 Å². The van der Waals surface area contributed by atoms with E-state index in [-0.39, 0.29) is 13.1 Å². The lowest BCUT2D eigenvalue weighted by Gasteiger charge is -2.12. The number of halogens is 2. The van der Waals surface area contributed by atoms with Gasteiger partial charge in [0.15, 0.2) is 0 Å². The van der Waals surface area contributed by atoms with E-state index in [1.165, 1.54) is 40.2 Å². The summed E-state index contributed by atoms with van der Waals surface area (Å²) in [5.41, 5.74) is 0.437. The number of nitrogens with one attached hydrogen (secondary N) is 1. The smallest absolute Gasteiger partial charge is 0.324 e. The number of hydrogen-bond acceptors (Lipinski definition) is 4. The second-order valence-corrected chi connectivity index (χ2v) is 7.93. The zero-order valence-electron chi connectivity index (χ0n) is 15.5. The summed E-state index contributed by atoms with van der Waals surface area (Å²) >= 11 is 7.13. The van der Waals surface area contributed by atoms with Gasteiger partial charge < -0.3 is 5.32 Å². The van der Waals surface area contributed by atoms with Crippen molar-refractivity contribution >= 4 is 44.7 Å². The number of nitrogens with zero attached hydrogens (tertiary/aromatic N) is 2. The molecule has 0 saturated carbocycles. The number of benzene rings is 2. The van der Waals surface area contributed by atoms with E-state index in [0.717, 1.165) is 4.57 Å². The van der Waals surface area contributed by atoms with E-state index in [1.54, 1.807) is 35.7 Å². The Morgan fingerprint density at radius 1 is 1.07 bits per heavy atom. The van der Waals surface area contributed by atoms with Gasteiger partial charge in [-0.25, -0.2) is 9.18 Å². The second-order valence-electron chi connectivity index (χ2n) is 6.58. The maximum Gasteiger partial charge on any atom is 0.332 e.